The second kappa shape index (κ2) is 4.18. The molecule has 0 saturated heterocycles. The van der Waals surface area contributed by atoms with E-state index in [1.54, 1.807) is 12.1 Å². The van der Waals surface area contributed by atoms with E-state index < -0.39 is 0 Å². The summed E-state index contributed by atoms with van der Waals surface area (Å²) in [5.74, 6) is 0.300. The maximum Gasteiger partial charge on any atom is 0.182 e. The molecule has 86 valence electrons. The van der Waals surface area contributed by atoms with Crippen molar-refractivity contribution in [3.8, 4) is 11.4 Å². The van der Waals surface area contributed by atoms with Crippen LogP contribution in [0.5, 0.6) is 0 Å². The lowest BCUT2D eigenvalue weighted by Crippen LogP contribution is -2.26. The lowest BCUT2D eigenvalue weighted by molar-refractivity contribution is 0.600. The van der Waals surface area contributed by atoms with E-state index in [1.807, 2.05) is 0 Å². The van der Waals surface area contributed by atoms with Crippen LogP contribution < -0.4 is 5.32 Å². The number of benzene rings is 1. The maximum absolute atomic E-state index is 12.8. The highest BCUT2D eigenvalue weighted by atomic mass is 19.1. The van der Waals surface area contributed by atoms with Crippen molar-refractivity contribution in [2.45, 2.75) is 13.0 Å². The summed E-state index contributed by atoms with van der Waals surface area (Å²) < 4.78 is 12.8. The molecule has 0 fully saturated rings. The third kappa shape index (κ3) is 2.01. The number of hydrogen-bond donors (Lipinski definition) is 1. The zero-order valence-corrected chi connectivity index (χ0v) is 9.15. The molecule has 1 N–H and O–H groups in total. The van der Waals surface area contributed by atoms with Gasteiger partial charge < -0.3 is 5.32 Å². The van der Waals surface area contributed by atoms with E-state index in [4.69, 9.17) is 0 Å². The standard InChI is InChI=1S/C12H11FN4/c13-9-3-1-8(2-4-9)12-15-10-5-6-14-7-11(10)16-17-12/h1-4,14H,5-7H2. The van der Waals surface area contributed by atoms with Crippen LogP contribution in [0.3, 0.4) is 0 Å². The van der Waals surface area contributed by atoms with E-state index in [0.717, 1.165) is 36.5 Å². The van der Waals surface area contributed by atoms with Crippen LogP contribution in [0.1, 0.15) is 11.4 Å². The fraction of sp³-hybridized carbons (Fsp3) is 0.250. The SMILES string of the molecule is Fc1ccc(-c2nnc3c(n2)CCNC3)cc1. The summed E-state index contributed by atoms with van der Waals surface area (Å²) in [5.41, 5.74) is 2.68. The van der Waals surface area contributed by atoms with Crippen molar-refractivity contribution in [2.75, 3.05) is 6.54 Å². The molecule has 0 radical (unpaired) electrons. The third-order valence-corrected chi connectivity index (χ3v) is 2.77. The van der Waals surface area contributed by atoms with E-state index in [1.165, 1.54) is 12.1 Å². The van der Waals surface area contributed by atoms with Gasteiger partial charge in [-0.1, -0.05) is 0 Å². The van der Waals surface area contributed by atoms with Crippen LogP contribution >= 0.6 is 0 Å². The van der Waals surface area contributed by atoms with Crippen LogP contribution in [0.15, 0.2) is 24.3 Å². The largest absolute Gasteiger partial charge is 0.311 e. The van der Waals surface area contributed by atoms with Gasteiger partial charge >= 0.3 is 0 Å². The van der Waals surface area contributed by atoms with Gasteiger partial charge in [0.05, 0.1) is 11.4 Å². The van der Waals surface area contributed by atoms with Gasteiger partial charge in [-0.15, -0.1) is 5.10 Å². The Kier molecular flexibility index (Phi) is 2.53. The Balaban J connectivity index is 2.01. The Morgan fingerprint density at radius 3 is 2.71 bits per heavy atom. The summed E-state index contributed by atoms with van der Waals surface area (Å²) in [7, 11) is 0. The first-order valence-corrected chi connectivity index (χ1v) is 5.52. The molecule has 2 aromatic rings. The smallest absolute Gasteiger partial charge is 0.182 e. The first-order valence-electron chi connectivity index (χ1n) is 5.52. The molecule has 1 aliphatic rings. The summed E-state index contributed by atoms with van der Waals surface area (Å²) in [5, 5.41) is 11.4. The molecule has 0 spiro atoms. The first kappa shape index (κ1) is 10.3. The van der Waals surface area contributed by atoms with Gasteiger partial charge in [-0.05, 0) is 24.3 Å². The molecule has 3 rings (SSSR count). The molecular weight excluding hydrogens is 219 g/mol. The summed E-state index contributed by atoms with van der Waals surface area (Å²) in [6.45, 7) is 1.63. The lowest BCUT2D eigenvalue weighted by Gasteiger charge is -2.14. The van der Waals surface area contributed by atoms with Gasteiger partial charge in [-0.25, -0.2) is 9.37 Å². The van der Waals surface area contributed by atoms with Gasteiger partial charge in [0.2, 0.25) is 0 Å². The van der Waals surface area contributed by atoms with Crippen LogP contribution in [0.4, 0.5) is 4.39 Å². The van der Waals surface area contributed by atoms with Crippen molar-refractivity contribution in [1.29, 1.82) is 0 Å². The average Bonchev–Trinajstić information content (AvgIpc) is 2.39. The van der Waals surface area contributed by atoms with E-state index in [2.05, 4.69) is 20.5 Å². The van der Waals surface area contributed by atoms with Gasteiger partial charge in [0.1, 0.15) is 5.82 Å². The van der Waals surface area contributed by atoms with Gasteiger partial charge in [0.25, 0.3) is 0 Å². The van der Waals surface area contributed by atoms with E-state index in [9.17, 15) is 4.39 Å². The molecule has 4 nitrogen and oxygen atoms in total. The number of nitrogens with zero attached hydrogens (tertiary/aromatic N) is 3. The van der Waals surface area contributed by atoms with Crippen LogP contribution in [0.2, 0.25) is 0 Å². The predicted molar refractivity (Wildman–Crippen MR) is 60.6 cm³/mol. The molecule has 1 aromatic heterocycles. The molecule has 0 bridgehead atoms. The van der Waals surface area contributed by atoms with Gasteiger partial charge in [-0.3, -0.25) is 0 Å². The number of nitrogens with one attached hydrogen (secondary N) is 1. The summed E-state index contributed by atoms with van der Waals surface area (Å²) >= 11 is 0. The van der Waals surface area contributed by atoms with E-state index in [-0.39, 0.29) is 5.82 Å². The maximum atomic E-state index is 12.8. The number of hydrogen-bond acceptors (Lipinski definition) is 4. The number of fused-ring (bicyclic) bond motifs is 1. The van der Waals surface area contributed by atoms with Gasteiger partial charge in [0.15, 0.2) is 5.82 Å². The molecule has 5 heteroatoms. The van der Waals surface area contributed by atoms with Gasteiger partial charge in [0, 0.05) is 25.1 Å². The van der Waals surface area contributed by atoms with Crippen LogP contribution in [-0.4, -0.2) is 21.7 Å². The van der Waals surface area contributed by atoms with Crippen LogP contribution in [0, 0.1) is 5.82 Å². The monoisotopic (exact) mass is 230 g/mol. The minimum Gasteiger partial charge on any atom is -0.311 e. The van der Waals surface area contributed by atoms with E-state index >= 15 is 0 Å². The van der Waals surface area contributed by atoms with Crippen molar-refractivity contribution in [2.24, 2.45) is 0 Å². The molecule has 2 heterocycles. The number of aromatic nitrogens is 3. The zero-order chi connectivity index (χ0) is 11.7. The molecule has 0 amide bonds. The summed E-state index contributed by atoms with van der Waals surface area (Å²) in [6.07, 6.45) is 0.860. The molecule has 1 aromatic carbocycles. The Bertz CT molecular complexity index is 539. The van der Waals surface area contributed by atoms with Crippen molar-refractivity contribution >= 4 is 0 Å². The Labute approximate surface area is 97.9 Å². The van der Waals surface area contributed by atoms with Crippen molar-refractivity contribution in [1.82, 2.24) is 20.5 Å². The molecule has 0 aliphatic carbocycles. The molecule has 0 atom stereocenters. The summed E-state index contributed by atoms with van der Waals surface area (Å²) in [4.78, 5) is 4.48. The van der Waals surface area contributed by atoms with Gasteiger partial charge in [-0.2, -0.15) is 5.10 Å². The third-order valence-electron chi connectivity index (χ3n) is 2.77. The number of halogens is 1. The molecule has 1 aliphatic heterocycles. The normalized spacial score (nSPS) is 14.4. The summed E-state index contributed by atoms with van der Waals surface area (Å²) in [6, 6.07) is 6.14. The highest BCUT2D eigenvalue weighted by molar-refractivity contribution is 5.54. The molecular formula is C12H11FN4. The topological polar surface area (TPSA) is 50.7 Å². The van der Waals surface area contributed by atoms with Crippen LogP contribution in [-0.2, 0) is 13.0 Å². The highest BCUT2D eigenvalue weighted by Gasteiger charge is 2.13. The Morgan fingerprint density at radius 2 is 1.88 bits per heavy atom. The molecule has 0 unspecified atom stereocenters. The quantitative estimate of drug-likeness (QED) is 0.802. The minimum atomic E-state index is -0.260. The molecule has 0 saturated carbocycles. The second-order valence-corrected chi connectivity index (χ2v) is 3.96. The average molecular weight is 230 g/mol. The van der Waals surface area contributed by atoms with Crippen molar-refractivity contribution in [3.05, 3.63) is 41.5 Å². The zero-order valence-electron chi connectivity index (χ0n) is 9.15. The Morgan fingerprint density at radius 1 is 1.06 bits per heavy atom. The molecule has 17 heavy (non-hydrogen) atoms. The van der Waals surface area contributed by atoms with Crippen molar-refractivity contribution in [3.63, 3.8) is 0 Å². The highest BCUT2D eigenvalue weighted by Crippen LogP contribution is 2.16. The minimum absolute atomic E-state index is 0.260. The fourth-order valence-corrected chi connectivity index (χ4v) is 1.85. The van der Waals surface area contributed by atoms with Crippen LogP contribution in [0.25, 0.3) is 11.4 Å². The number of rotatable bonds is 1. The first-order chi connectivity index (χ1) is 8.33. The lowest BCUT2D eigenvalue weighted by atomic mass is 10.1. The van der Waals surface area contributed by atoms with E-state index in [0.29, 0.717) is 5.82 Å². The predicted octanol–water partition coefficient (Wildman–Crippen LogP) is 1.32. The fourth-order valence-electron chi connectivity index (χ4n) is 1.85. The second-order valence-electron chi connectivity index (χ2n) is 3.96. The Hall–Kier alpha value is -1.88. The van der Waals surface area contributed by atoms with Crippen molar-refractivity contribution < 1.29 is 4.39 Å².